The van der Waals surface area contributed by atoms with E-state index in [1.54, 1.807) is 30.3 Å². The molecule has 0 atom stereocenters. The van der Waals surface area contributed by atoms with Gasteiger partial charge in [-0.25, -0.2) is 0 Å². The molecule has 3 N–H and O–H groups in total. The fourth-order valence-electron chi connectivity index (χ4n) is 2.03. The van der Waals surface area contributed by atoms with Crippen LogP contribution in [0.4, 0.5) is 11.4 Å². The van der Waals surface area contributed by atoms with E-state index in [1.165, 1.54) is 17.8 Å². The van der Waals surface area contributed by atoms with Gasteiger partial charge in [-0.15, -0.1) is 11.8 Å². The highest BCUT2D eigenvalue weighted by Crippen LogP contribution is 2.32. The third-order valence-electron chi connectivity index (χ3n) is 3.08. The Morgan fingerprint density at radius 3 is 2.91 bits per heavy atom. The van der Waals surface area contributed by atoms with E-state index in [0.717, 1.165) is 9.37 Å². The van der Waals surface area contributed by atoms with Gasteiger partial charge in [0.25, 0.3) is 5.91 Å². The second-order valence-corrected chi connectivity index (χ2v) is 6.60. The number of carbonyl (C=O) groups excluding carboxylic acids is 2. The Balaban J connectivity index is 1.85. The van der Waals surface area contributed by atoms with E-state index in [1.807, 2.05) is 0 Å². The van der Waals surface area contributed by atoms with E-state index in [4.69, 9.17) is 0 Å². The number of nitrogens with one attached hydrogen (secondary N) is 2. The van der Waals surface area contributed by atoms with E-state index in [9.17, 15) is 14.7 Å². The van der Waals surface area contributed by atoms with E-state index >= 15 is 0 Å². The monoisotopic (exact) mass is 378 g/mol. The lowest BCUT2D eigenvalue weighted by molar-refractivity contribution is -0.113. The molecular formula is C15H11BrN2O3S. The summed E-state index contributed by atoms with van der Waals surface area (Å²) in [6, 6.07) is 9.90. The zero-order valence-corrected chi connectivity index (χ0v) is 13.6. The Hall–Kier alpha value is -1.99. The van der Waals surface area contributed by atoms with Crippen LogP contribution in [0.15, 0.2) is 45.8 Å². The normalized spacial score (nSPS) is 13.2. The number of hydrogen-bond acceptors (Lipinski definition) is 4. The molecule has 5 nitrogen and oxygen atoms in total. The fourth-order valence-corrected chi connectivity index (χ4v) is 3.18. The number of hydrogen-bond donors (Lipinski definition) is 3. The molecule has 0 saturated heterocycles. The van der Waals surface area contributed by atoms with Gasteiger partial charge in [0.1, 0.15) is 5.75 Å². The standard InChI is InChI=1S/C15H11BrN2O3S/c16-9-2-3-12(19)10(6-9)18-15(21)8-1-4-13-11(5-8)17-14(20)7-22-13/h1-6,19H,7H2,(H,17,20)(H,18,21). The average Bonchev–Trinajstić information content (AvgIpc) is 2.50. The van der Waals surface area contributed by atoms with Gasteiger partial charge in [0.2, 0.25) is 5.91 Å². The van der Waals surface area contributed by atoms with Crippen LogP contribution in [0.25, 0.3) is 0 Å². The average molecular weight is 379 g/mol. The SMILES string of the molecule is O=C1CSc2ccc(C(=O)Nc3cc(Br)ccc3O)cc2N1. The predicted octanol–water partition coefficient (Wildman–Crippen LogP) is 3.45. The van der Waals surface area contributed by atoms with Crippen LogP contribution in [-0.4, -0.2) is 22.7 Å². The molecule has 0 radical (unpaired) electrons. The topological polar surface area (TPSA) is 78.4 Å². The van der Waals surface area contributed by atoms with Gasteiger partial charge in [-0.05, 0) is 36.4 Å². The maximum absolute atomic E-state index is 12.3. The minimum Gasteiger partial charge on any atom is -0.506 e. The molecule has 2 amide bonds. The number of benzene rings is 2. The van der Waals surface area contributed by atoms with Crippen molar-refractivity contribution in [3.8, 4) is 5.75 Å². The first kappa shape index (κ1) is 14.9. The van der Waals surface area contributed by atoms with Crippen LogP contribution in [0.1, 0.15) is 10.4 Å². The van der Waals surface area contributed by atoms with Gasteiger partial charge in [-0.2, -0.15) is 0 Å². The molecule has 2 aromatic rings. The van der Waals surface area contributed by atoms with Gasteiger partial charge in [0.15, 0.2) is 0 Å². The van der Waals surface area contributed by atoms with Gasteiger partial charge in [-0.1, -0.05) is 15.9 Å². The second kappa shape index (κ2) is 6.02. The molecule has 1 aliphatic heterocycles. The highest BCUT2D eigenvalue weighted by Gasteiger charge is 2.17. The molecule has 0 saturated carbocycles. The number of amides is 2. The molecule has 0 fully saturated rings. The Kier molecular flexibility index (Phi) is 4.08. The Morgan fingerprint density at radius 1 is 1.27 bits per heavy atom. The van der Waals surface area contributed by atoms with E-state index < -0.39 is 0 Å². The maximum Gasteiger partial charge on any atom is 0.255 e. The lowest BCUT2D eigenvalue weighted by Gasteiger charge is -2.17. The first-order chi connectivity index (χ1) is 10.5. The lowest BCUT2D eigenvalue weighted by Crippen LogP contribution is -2.19. The summed E-state index contributed by atoms with van der Waals surface area (Å²) in [7, 11) is 0. The number of fused-ring (bicyclic) bond motifs is 1. The largest absolute Gasteiger partial charge is 0.506 e. The summed E-state index contributed by atoms with van der Waals surface area (Å²) < 4.78 is 0.745. The lowest BCUT2D eigenvalue weighted by atomic mass is 10.1. The van der Waals surface area contributed by atoms with Crippen molar-refractivity contribution in [2.24, 2.45) is 0 Å². The van der Waals surface area contributed by atoms with Crippen LogP contribution in [0.5, 0.6) is 5.75 Å². The van der Waals surface area contributed by atoms with Gasteiger partial charge >= 0.3 is 0 Å². The molecule has 0 aromatic heterocycles. The van der Waals surface area contributed by atoms with Crippen molar-refractivity contribution in [1.29, 1.82) is 0 Å². The number of anilines is 2. The zero-order chi connectivity index (χ0) is 15.7. The molecule has 0 bridgehead atoms. The fraction of sp³-hybridized carbons (Fsp3) is 0.0667. The molecule has 22 heavy (non-hydrogen) atoms. The van der Waals surface area contributed by atoms with Gasteiger partial charge in [0, 0.05) is 14.9 Å². The van der Waals surface area contributed by atoms with Gasteiger partial charge in [0.05, 0.1) is 17.1 Å². The number of aromatic hydroxyl groups is 1. The predicted molar refractivity (Wildman–Crippen MR) is 89.6 cm³/mol. The van der Waals surface area contributed by atoms with Gasteiger partial charge < -0.3 is 15.7 Å². The molecule has 112 valence electrons. The Bertz CT molecular complexity index is 779. The summed E-state index contributed by atoms with van der Waals surface area (Å²) in [5.41, 5.74) is 1.35. The minimum atomic E-state index is -0.360. The van der Waals surface area contributed by atoms with Crippen molar-refractivity contribution < 1.29 is 14.7 Å². The van der Waals surface area contributed by atoms with Crippen LogP contribution >= 0.6 is 27.7 Å². The molecule has 0 spiro atoms. The molecule has 2 aromatic carbocycles. The third-order valence-corrected chi connectivity index (χ3v) is 4.65. The van der Waals surface area contributed by atoms with Crippen LogP contribution in [0, 0.1) is 0 Å². The quantitative estimate of drug-likeness (QED) is 0.699. The first-order valence-corrected chi connectivity index (χ1v) is 8.17. The molecule has 1 aliphatic rings. The van der Waals surface area contributed by atoms with Crippen molar-refractivity contribution >= 4 is 50.9 Å². The molecule has 0 aliphatic carbocycles. The molecule has 0 unspecified atom stereocenters. The van der Waals surface area contributed by atoms with Crippen molar-refractivity contribution in [3.63, 3.8) is 0 Å². The smallest absolute Gasteiger partial charge is 0.255 e. The summed E-state index contributed by atoms with van der Waals surface area (Å²) in [6.45, 7) is 0. The van der Waals surface area contributed by atoms with Crippen molar-refractivity contribution in [2.45, 2.75) is 4.90 Å². The zero-order valence-electron chi connectivity index (χ0n) is 11.2. The van der Waals surface area contributed by atoms with E-state index in [0.29, 0.717) is 22.7 Å². The molecular weight excluding hydrogens is 368 g/mol. The highest BCUT2D eigenvalue weighted by molar-refractivity contribution is 9.10. The number of thioether (sulfide) groups is 1. The number of halogens is 1. The van der Waals surface area contributed by atoms with Crippen LogP contribution in [0.3, 0.4) is 0 Å². The van der Waals surface area contributed by atoms with Crippen LogP contribution < -0.4 is 10.6 Å². The van der Waals surface area contributed by atoms with Crippen LogP contribution in [0.2, 0.25) is 0 Å². The molecule has 3 rings (SSSR count). The minimum absolute atomic E-state index is 0.0154. The number of carbonyl (C=O) groups is 2. The third kappa shape index (κ3) is 3.10. The van der Waals surface area contributed by atoms with Crippen molar-refractivity contribution in [1.82, 2.24) is 0 Å². The van der Waals surface area contributed by atoms with Crippen molar-refractivity contribution in [3.05, 3.63) is 46.4 Å². The van der Waals surface area contributed by atoms with Crippen LogP contribution in [-0.2, 0) is 4.79 Å². The molecule has 7 heteroatoms. The first-order valence-electron chi connectivity index (χ1n) is 6.39. The summed E-state index contributed by atoms with van der Waals surface area (Å²) in [4.78, 5) is 24.6. The summed E-state index contributed by atoms with van der Waals surface area (Å²) >= 11 is 4.72. The van der Waals surface area contributed by atoms with Crippen molar-refractivity contribution in [2.75, 3.05) is 16.4 Å². The molecule has 1 heterocycles. The summed E-state index contributed by atoms with van der Waals surface area (Å²) in [6.07, 6.45) is 0. The maximum atomic E-state index is 12.3. The number of rotatable bonds is 2. The second-order valence-electron chi connectivity index (χ2n) is 4.66. The van der Waals surface area contributed by atoms with E-state index in [-0.39, 0.29) is 17.6 Å². The Morgan fingerprint density at radius 2 is 2.09 bits per heavy atom. The number of phenols is 1. The van der Waals surface area contributed by atoms with E-state index in [2.05, 4.69) is 26.6 Å². The summed E-state index contributed by atoms with van der Waals surface area (Å²) in [5, 5.41) is 15.2. The summed E-state index contributed by atoms with van der Waals surface area (Å²) in [5.74, 6) is -0.0798. The Labute approximate surface area is 139 Å². The highest BCUT2D eigenvalue weighted by atomic mass is 79.9. The number of phenolic OH excluding ortho intramolecular Hbond substituents is 1. The van der Waals surface area contributed by atoms with Gasteiger partial charge in [-0.3, -0.25) is 9.59 Å².